The van der Waals surface area contributed by atoms with Crippen molar-refractivity contribution in [3.63, 3.8) is 0 Å². The van der Waals surface area contributed by atoms with Crippen LogP contribution in [0.15, 0.2) is 66.0 Å². The Bertz CT molecular complexity index is 804. The molecule has 0 aliphatic rings. The number of hydrogen-bond donors (Lipinski definition) is 1. The van der Waals surface area contributed by atoms with Crippen molar-refractivity contribution in [3.05, 3.63) is 93.4 Å². The Morgan fingerprint density at radius 1 is 1.04 bits per heavy atom. The molecule has 1 N–H and O–H groups in total. The lowest BCUT2D eigenvalue weighted by Crippen LogP contribution is -2.21. The fraction of sp³-hybridized carbons (Fsp3) is 0.105. The number of benzene rings is 2. The van der Waals surface area contributed by atoms with E-state index < -0.39 is 0 Å². The van der Waals surface area contributed by atoms with Crippen molar-refractivity contribution in [3.8, 4) is 6.07 Å². The van der Waals surface area contributed by atoms with Gasteiger partial charge in [-0.25, -0.2) is 4.39 Å². The number of rotatable bonds is 5. The normalized spacial score (nSPS) is 11.8. The van der Waals surface area contributed by atoms with Crippen LogP contribution in [0.1, 0.15) is 27.6 Å². The van der Waals surface area contributed by atoms with Gasteiger partial charge in [0.1, 0.15) is 5.82 Å². The van der Waals surface area contributed by atoms with Crippen molar-refractivity contribution in [2.75, 3.05) is 0 Å². The monoisotopic (exact) mass is 322 g/mol. The Morgan fingerprint density at radius 2 is 1.83 bits per heavy atom. The minimum atomic E-state index is -0.242. The largest absolute Gasteiger partial charge is 0.301 e. The van der Waals surface area contributed by atoms with Gasteiger partial charge in [-0.1, -0.05) is 36.4 Å². The van der Waals surface area contributed by atoms with Crippen LogP contribution in [0.3, 0.4) is 0 Å². The maximum atomic E-state index is 13.2. The van der Waals surface area contributed by atoms with E-state index in [1.807, 2.05) is 35.7 Å². The Kier molecular flexibility index (Phi) is 4.82. The zero-order chi connectivity index (χ0) is 16.1. The molecule has 3 aromatic rings. The molecule has 23 heavy (non-hydrogen) atoms. The van der Waals surface area contributed by atoms with Gasteiger partial charge in [0.2, 0.25) is 0 Å². The molecule has 2 aromatic carbocycles. The minimum Gasteiger partial charge on any atom is -0.301 e. The van der Waals surface area contributed by atoms with E-state index in [4.69, 9.17) is 0 Å². The predicted octanol–water partition coefficient (Wildman–Crippen LogP) is 4.64. The van der Waals surface area contributed by atoms with E-state index in [1.54, 1.807) is 23.5 Å². The molecule has 4 heteroatoms. The zero-order valence-corrected chi connectivity index (χ0v) is 13.2. The van der Waals surface area contributed by atoms with Gasteiger partial charge in [0.15, 0.2) is 0 Å². The lowest BCUT2D eigenvalue weighted by atomic mass is 10.0. The van der Waals surface area contributed by atoms with Gasteiger partial charge < -0.3 is 5.32 Å². The zero-order valence-electron chi connectivity index (χ0n) is 12.4. The highest BCUT2D eigenvalue weighted by atomic mass is 32.1. The molecule has 0 saturated heterocycles. The fourth-order valence-corrected chi connectivity index (χ4v) is 3.32. The van der Waals surface area contributed by atoms with Crippen molar-refractivity contribution in [1.29, 1.82) is 5.26 Å². The number of halogens is 1. The molecular formula is C19H15FN2S. The second-order valence-corrected chi connectivity index (χ2v) is 6.13. The summed E-state index contributed by atoms with van der Waals surface area (Å²) in [5, 5.41) is 14.7. The molecule has 1 heterocycles. The summed E-state index contributed by atoms with van der Waals surface area (Å²) < 4.78 is 13.2. The second-order valence-electron chi connectivity index (χ2n) is 5.15. The van der Waals surface area contributed by atoms with Crippen molar-refractivity contribution < 1.29 is 4.39 Å². The summed E-state index contributed by atoms with van der Waals surface area (Å²) in [5.74, 6) is -0.242. The third-order valence-corrected chi connectivity index (χ3v) is 4.60. The molecule has 114 valence electrons. The van der Waals surface area contributed by atoms with Gasteiger partial charge in [-0.2, -0.15) is 5.26 Å². The lowest BCUT2D eigenvalue weighted by Gasteiger charge is -2.18. The van der Waals surface area contributed by atoms with Gasteiger partial charge in [0.25, 0.3) is 0 Å². The van der Waals surface area contributed by atoms with Crippen LogP contribution in [-0.4, -0.2) is 0 Å². The van der Waals surface area contributed by atoms with Crippen molar-refractivity contribution >= 4 is 11.3 Å². The summed E-state index contributed by atoms with van der Waals surface area (Å²) in [6, 6.07) is 20.3. The van der Waals surface area contributed by atoms with Crippen molar-refractivity contribution in [1.82, 2.24) is 5.32 Å². The van der Waals surface area contributed by atoms with Crippen LogP contribution in [0.25, 0.3) is 0 Å². The average molecular weight is 322 g/mol. The van der Waals surface area contributed by atoms with Gasteiger partial charge in [-0.15, -0.1) is 11.3 Å². The minimum absolute atomic E-state index is 0.0256. The molecule has 0 spiro atoms. The molecule has 0 aliphatic heterocycles. The summed E-state index contributed by atoms with van der Waals surface area (Å²) in [4.78, 5) is 1.16. The highest BCUT2D eigenvalue weighted by Gasteiger charge is 2.15. The molecule has 0 fully saturated rings. The topological polar surface area (TPSA) is 35.8 Å². The van der Waals surface area contributed by atoms with E-state index in [-0.39, 0.29) is 11.9 Å². The smallest absolute Gasteiger partial charge is 0.123 e. The Labute approximate surface area is 138 Å². The first-order valence-corrected chi connectivity index (χ1v) is 8.16. The molecule has 0 bridgehead atoms. The van der Waals surface area contributed by atoms with Gasteiger partial charge in [0, 0.05) is 11.4 Å². The van der Waals surface area contributed by atoms with Crippen LogP contribution in [0.5, 0.6) is 0 Å². The molecular weight excluding hydrogens is 307 g/mol. The summed E-state index contributed by atoms with van der Waals surface area (Å²) in [7, 11) is 0. The molecule has 2 nitrogen and oxygen atoms in total. The highest BCUT2D eigenvalue weighted by molar-refractivity contribution is 7.10. The molecule has 1 atom stereocenters. The third-order valence-electron chi connectivity index (χ3n) is 3.67. The summed E-state index contributed by atoms with van der Waals surface area (Å²) in [5.41, 5.74) is 2.63. The number of hydrogen-bond acceptors (Lipinski definition) is 3. The summed E-state index contributed by atoms with van der Waals surface area (Å²) in [6.07, 6.45) is 0. The van der Waals surface area contributed by atoms with Gasteiger partial charge in [-0.3, -0.25) is 0 Å². The quantitative estimate of drug-likeness (QED) is 0.743. The molecule has 0 amide bonds. The first kappa shape index (κ1) is 15.4. The van der Waals surface area contributed by atoms with Crippen LogP contribution in [0.2, 0.25) is 0 Å². The van der Waals surface area contributed by atoms with E-state index >= 15 is 0 Å². The van der Waals surface area contributed by atoms with Crippen LogP contribution in [0.4, 0.5) is 4.39 Å². The summed E-state index contributed by atoms with van der Waals surface area (Å²) in [6.45, 7) is 0.573. The van der Waals surface area contributed by atoms with Gasteiger partial charge in [-0.05, 0) is 40.8 Å². The van der Waals surface area contributed by atoms with Crippen molar-refractivity contribution in [2.24, 2.45) is 0 Å². The Morgan fingerprint density at radius 3 is 2.52 bits per heavy atom. The number of nitriles is 1. The van der Waals surface area contributed by atoms with Gasteiger partial charge in [0.05, 0.1) is 17.7 Å². The summed E-state index contributed by atoms with van der Waals surface area (Å²) >= 11 is 1.65. The second kappa shape index (κ2) is 7.19. The molecule has 0 radical (unpaired) electrons. The van der Waals surface area contributed by atoms with Crippen molar-refractivity contribution in [2.45, 2.75) is 12.6 Å². The van der Waals surface area contributed by atoms with E-state index in [0.717, 1.165) is 16.0 Å². The fourth-order valence-electron chi connectivity index (χ4n) is 2.49. The molecule has 0 aliphatic carbocycles. The van der Waals surface area contributed by atoms with Crippen LogP contribution in [0, 0.1) is 17.1 Å². The van der Waals surface area contributed by atoms with Crippen LogP contribution >= 0.6 is 11.3 Å². The molecule has 3 rings (SSSR count). The van der Waals surface area contributed by atoms with E-state index in [0.29, 0.717) is 12.1 Å². The van der Waals surface area contributed by atoms with Crippen LogP contribution in [-0.2, 0) is 6.54 Å². The highest BCUT2D eigenvalue weighted by Crippen LogP contribution is 2.26. The molecule has 0 unspecified atom stereocenters. The lowest BCUT2D eigenvalue weighted by molar-refractivity contribution is 0.603. The average Bonchev–Trinajstić information content (AvgIpc) is 3.11. The Hall–Kier alpha value is -2.48. The standard InChI is InChI=1S/C19H15FN2S/c20-17-9-7-14(8-10-17)19(18-6-3-11-23-18)22-13-16-5-2-1-4-15(16)12-21/h1-11,19,22H,13H2/t19-/m0/s1. The van der Waals surface area contributed by atoms with E-state index in [9.17, 15) is 9.65 Å². The maximum Gasteiger partial charge on any atom is 0.123 e. The third kappa shape index (κ3) is 3.65. The SMILES string of the molecule is N#Cc1ccccc1CN[C@@H](c1ccc(F)cc1)c1cccs1. The number of nitrogens with zero attached hydrogens (tertiary/aromatic N) is 1. The van der Waals surface area contributed by atoms with Crippen LogP contribution < -0.4 is 5.32 Å². The predicted molar refractivity (Wildman–Crippen MR) is 90.6 cm³/mol. The van der Waals surface area contributed by atoms with E-state index in [1.165, 1.54) is 12.1 Å². The number of nitrogens with one attached hydrogen (secondary N) is 1. The number of thiophene rings is 1. The van der Waals surface area contributed by atoms with E-state index in [2.05, 4.69) is 17.5 Å². The maximum absolute atomic E-state index is 13.2. The first-order valence-electron chi connectivity index (χ1n) is 7.28. The molecule has 0 saturated carbocycles. The van der Waals surface area contributed by atoms with Gasteiger partial charge >= 0.3 is 0 Å². The molecule has 1 aromatic heterocycles. The first-order chi connectivity index (χ1) is 11.3. The Balaban J connectivity index is 1.85.